The number of aromatic nitrogens is 5. The molecule has 0 unspecified atom stereocenters. The lowest BCUT2D eigenvalue weighted by atomic mass is 10.1. The summed E-state index contributed by atoms with van der Waals surface area (Å²) < 4.78 is 3.73. The second-order valence-electron chi connectivity index (χ2n) is 8.42. The molecule has 0 aliphatic heterocycles. The van der Waals surface area contributed by atoms with Crippen molar-refractivity contribution in [1.29, 1.82) is 0 Å². The lowest BCUT2D eigenvalue weighted by Crippen LogP contribution is -2.19. The zero-order chi connectivity index (χ0) is 26.1. The van der Waals surface area contributed by atoms with Gasteiger partial charge in [0.2, 0.25) is 0 Å². The fourth-order valence-electron chi connectivity index (χ4n) is 4.06. The summed E-state index contributed by atoms with van der Waals surface area (Å²) in [7, 11) is 0. The molecule has 0 fully saturated rings. The molecule has 0 saturated carbocycles. The van der Waals surface area contributed by atoms with E-state index in [0.29, 0.717) is 38.6 Å². The standard InChI is InChI=1S/C28H19Cl2N7O/c29-19-8-10-20(11-9-19)33-28(38)34-21-5-3-4-18(14-21)24-15-36-13-12-31-26(36)27(35-24)37-16-25(32-17-37)22-6-1-2-7-23(22)30/h1-17H,(H2,33,34,38). The molecule has 3 aromatic carbocycles. The number of nitrogens with zero attached hydrogens (tertiary/aromatic N) is 5. The highest BCUT2D eigenvalue weighted by Crippen LogP contribution is 2.28. The zero-order valence-corrected chi connectivity index (χ0v) is 21.2. The van der Waals surface area contributed by atoms with Gasteiger partial charge in [-0.15, -0.1) is 0 Å². The number of amides is 2. The molecule has 186 valence electrons. The average Bonchev–Trinajstić information content (AvgIpc) is 3.60. The van der Waals surface area contributed by atoms with Gasteiger partial charge in [-0.1, -0.05) is 53.5 Å². The number of nitrogens with one attached hydrogen (secondary N) is 2. The van der Waals surface area contributed by atoms with Gasteiger partial charge in [-0.25, -0.2) is 19.7 Å². The van der Waals surface area contributed by atoms with Crippen LogP contribution in [-0.2, 0) is 0 Å². The highest BCUT2D eigenvalue weighted by atomic mass is 35.5. The van der Waals surface area contributed by atoms with Gasteiger partial charge in [0.25, 0.3) is 0 Å². The second-order valence-corrected chi connectivity index (χ2v) is 9.26. The van der Waals surface area contributed by atoms with Gasteiger partial charge in [0.05, 0.1) is 16.4 Å². The molecule has 0 radical (unpaired) electrons. The maximum atomic E-state index is 12.5. The Morgan fingerprint density at radius 2 is 1.63 bits per heavy atom. The van der Waals surface area contributed by atoms with E-state index in [9.17, 15) is 4.79 Å². The Morgan fingerprint density at radius 3 is 2.47 bits per heavy atom. The van der Waals surface area contributed by atoms with Crippen molar-refractivity contribution in [2.24, 2.45) is 0 Å². The first-order valence-electron chi connectivity index (χ1n) is 11.6. The van der Waals surface area contributed by atoms with Crippen molar-refractivity contribution in [3.63, 3.8) is 0 Å². The molecule has 3 aromatic heterocycles. The predicted molar refractivity (Wildman–Crippen MR) is 150 cm³/mol. The molecule has 6 rings (SSSR count). The van der Waals surface area contributed by atoms with Gasteiger partial charge >= 0.3 is 6.03 Å². The Balaban J connectivity index is 1.31. The summed E-state index contributed by atoms with van der Waals surface area (Å²) in [6.45, 7) is 0. The molecule has 0 aliphatic carbocycles. The van der Waals surface area contributed by atoms with Crippen LogP contribution in [0.2, 0.25) is 10.0 Å². The second kappa shape index (κ2) is 10.0. The average molecular weight is 540 g/mol. The lowest BCUT2D eigenvalue weighted by Gasteiger charge is -2.11. The smallest absolute Gasteiger partial charge is 0.308 e. The van der Waals surface area contributed by atoms with Gasteiger partial charge in [-0.2, -0.15) is 0 Å². The number of carbonyl (C=O) groups excluding carboxylic acids is 1. The van der Waals surface area contributed by atoms with Crippen molar-refractivity contribution < 1.29 is 4.79 Å². The molecular weight excluding hydrogens is 521 g/mol. The van der Waals surface area contributed by atoms with Crippen LogP contribution in [-0.4, -0.2) is 30.0 Å². The van der Waals surface area contributed by atoms with Crippen LogP contribution in [0.15, 0.2) is 104 Å². The number of imidazole rings is 2. The maximum absolute atomic E-state index is 12.5. The molecule has 10 heteroatoms. The zero-order valence-electron chi connectivity index (χ0n) is 19.7. The minimum absolute atomic E-state index is 0.367. The molecule has 0 saturated heterocycles. The highest BCUT2D eigenvalue weighted by molar-refractivity contribution is 6.33. The number of anilines is 2. The van der Waals surface area contributed by atoms with Crippen LogP contribution in [0.1, 0.15) is 0 Å². The summed E-state index contributed by atoms with van der Waals surface area (Å²) in [4.78, 5) is 26.5. The highest BCUT2D eigenvalue weighted by Gasteiger charge is 2.14. The Morgan fingerprint density at radius 1 is 0.816 bits per heavy atom. The maximum Gasteiger partial charge on any atom is 0.323 e. The molecular formula is C28H19Cl2N7O. The molecule has 0 atom stereocenters. The van der Waals surface area contributed by atoms with Crippen molar-refractivity contribution in [2.75, 3.05) is 10.6 Å². The number of rotatable bonds is 5. The van der Waals surface area contributed by atoms with Crippen LogP contribution in [0.25, 0.3) is 34.0 Å². The third-order valence-electron chi connectivity index (χ3n) is 5.85. The van der Waals surface area contributed by atoms with E-state index in [-0.39, 0.29) is 6.03 Å². The Hall–Kier alpha value is -4.66. The van der Waals surface area contributed by atoms with E-state index < -0.39 is 0 Å². The molecule has 0 aliphatic rings. The van der Waals surface area contributed by atoms with E-state index in [1.54, 1.807) is 36.8 Å². The van der Waals surface area contributed by atoms with Gasteiger partial charge in [0, 0.05) is 52.3 Å². The number of carbonyl (C=O) groups is 1. The Bertz CT molecular complexity index is 1780. The number of urea groups is 1. The normalized spacial score (nSPS) is 11.0. The molecule has 0 bridgehead atoms. The molecule has 6 aromatic rings. The SMILES string of the molecule is O=C(Nc1ccc(Cl)cc1)Nc1cccc(-c2cn3ccnc3c(-n3cnc(-c4ccccc4Cl)c3)n2)c1. The summed E-state index contributed by atoms with van der Waals surface area (Å²) in [5.41, 5.74) is 5.00. The number of fused-ring (bicyclic) bond motifs is 1. The summed E-state index contributed by atoms with van der Waals surface area (Å²) in [6.07, 6.45) is 9.04. The van der Waals surface area contributed by atoms with Crippen LogP contribution < -0.4 is 10.6 Å². The van der Waals surface area contributed by atoms with Crippen molar-refractivity contribution in [3.8, 4) is 28.3 Å². The lowest BCUT2D eigenvalue weighted by molar-refractivity contribution is 0.262. The monoisotopic (exact) mass is 539 g/mol. The van der Waals surface area contributed by atoms with Crippen LogP contribution >= 0.6 is 23.2 Å². The van der Waals surface area contributed by atoms with Crippen LogP contribution in [0.5, 0.6) is 0 Å². The third-order valence-corrected chi connectivity index (χ3v) is 6.43. The molecule has 38 heavy (non-hydrogen) atoms. The van der Waals surface area contributed by atoms with Gasteiger partial charge in [-0.05, 0) is 42.5 Å². The minimum atomic E-state index is -0.367. The first-order chi connectivity index (χ1) is 18.5. The predicted octanol–water partition coefficient (Wildman–Crippen LogP) is 7.20. The minimum Gasteiger partial charge on any atom is -0.308 e. The van der Waals surface area contributed by atoms with Crippen molar-refractivity contribution in [2.45, 2.75) is 0 Å². The first-order valence-corrected chi connectivity index (χ1v) is 12.4. The topological polar surface area (TPSA) is 89.1 Å². The van der Waals surface area contributed by atoms with Gasteiger partial charge in [0.15, 0.2) is 11.5 Å². The molecule has 2 N–H and O–H groups in total. The van der Waals surface area contributed by atoms with E-state index in [0.717, 1.165) is 16.8 Å². The van der Waals surface area contributed by atoms with Gasteiger partial charge < -0.3 is 15.0 Å². The molecule has 3 heterocycles. The quantitative estimate of drug-likeness (QED) is 0.242. The van der Waals surface area contributed by atoms with E-state index in [1.165, 1.54) is 0 Å². The van der Waals surface area contributed by atoms with E-state index in [4.69, 9.17) is 28.2 Å². The first kappa shape index (κ1) is 23.7. The fourth-order valence-corrected chi connectivity index (χ4v) is 4.42. The summed E-state index contributed by atoms with van der Waals surface area (Å²) in [5.74, 6) is 0.608. The number of hydrogen-bond donors (Lipinski definition) is 2. The summed E-state index contributed by atoms with van der Waals surface area (Å²) >= 11 is 12.3. The Kier molecular flexibility index (Phi) is 6.25. The van der Waals surface area contributed by atoms with Crippen molar-refractivity contribution >= 4 is 46.3 Å². The fraction of sp³-hybridized carbons (Fsp3) is 0. The molecule has 8 nitrogen and oxygen atoms in total. The Labute approximate surface area is 227 Å². The molecule has 0 spiro atoms. The number of hydrogen-bond acceptors (Lipinski definition) is 4. The van der Waals surface area contributed by atoms with Crippen LogP contribution in [0, 0.1) is 0 Å². The van der Waals surface area contributed by atoms with E-state index in [2.05, 4.69) is 20.6 Å². The summed E-state index contributed by atoms with van der Waals surface area (Å²) in [6, 6.07) is 21.5. The third kappa shape index (κ3) is 4.82. The largest absolute Gasteiger partial charge is 0.323 e. The van der Waals surface area contributed by atoms with Crippen molar-refractivity contribution in [3.05, 3.63) is 114 Å². The van der Waals surface area contributed by atoms with Crippen LogP contribution in [0.4, 0.5) is 16.2 Å². The van der Waals surface area contributed by atoms with E-state index >= 15 is 0 Å². The number of benzene rings is 3. The van der Waals surface area contributed by atoms with Crippen LogP contribution in [0.3, 0.4) is 0 Å². The van der Waals surface area contributed by atoms with Gasteiger partial charge in [0.1, 0.15) is 6.33 Å². The van der Waals surface area contributed by atoms with Gasteiger partial charge in [-0.3, -0.25) is 4.57 Å². The van der Waals surface area contributed by atoms with Crippen molar-refractivity contribution in [1.82, 2.24) is 23.9 Å². The van der Waals surface area contributed by atoms with E-state index in [1.807, 2.05) is 76.1 Å². The molecule has 2 amide bonds. The summed E-state index contributed by atoms with van der Waals surface area (Å²) in [5, 5.41) is 6.87. The number of halogens is 2.